The average molecular weight is 451 g/mol. The molecule has 0 bridgehead atoms. The zero-order chi connectivity index (χ0) is 23.3. The van der Waals surface area contributed by atoms with Gasteiger partial charge in [0.1, 0.15) is 17.1 Å². The Morgan fingerprint density at radius 1 is 1.00 bits per heavy atom. The highest BCUT2D eigenvalue weighted by Crippen LogP contribution is 2.31. The van der Waals surface area contributed by atoms with Crippen LogP contribution in [0.1, 0.15) is 40.4 Å². The number of aromatic nitrogens is 2. The van der Waals surface area contributed by atoms with Gasteiger partial charge in [0.05, 0.1) is 13.2 Å². The Morgan fingerprint density at radius 2 is 1.82 bits per heavy atom. The molecule has 0 spiro atoms. The first-order valence-corrected chi connectivity index (χ1v) is 11.4. The van der Waals surface area contributed by atoms with E-state index in [0.717, 1.165) is 30.5 Å². The number of carbonyl (C=O) groups excluding carboxylic acids is 1. The number of nitrogens with zero attached hydrogens (tertiary/aromatic N) is 2. The Hall–Kier alpha value is -4.19. The number of aryl methyl sites for hydroxylation is 1. The quantitative estimate of drug-likeness (QED) is 0.394. The number of anilines is 2. The largest absolute Gasteiger partial charge is 0.497 e. The lowest BCUT2D eigenvalue weighted by molar-refractivity contribution is 0.0933. The molecule has 3 aromatic carbocycles. The van der Waals surface area contributed by atoms with Crippen LogP contribution in [0.5, 0.6) is 5.75 Å². The fourth-order valence-electron chi connectivity index (χ4n) is 4.35. The lowest BCUT2D eigenvalue weighted by Crippen LogP contribution is -2.31. The minimum atomic E-state index is -0.202. The minimum Gasteiger partial charge on any atom is -0.497 e. The number of nitrogens with one attached hydrogen (secondary N) is 2. The van der Waals surface area contributed by atoms with E-state index in [1.54, 1.807) is 13.3 Å². The number of fused-ring (bicyclic) bond motifs is 1. The maximum absolute atomic E-state index is 13.4. The third kappa shape index (κ3) is 4.62. The van der Waals surface area contributed by atoms with E-state index in [1.807, 2.05) is 60.7 Å². The van der Waals surface area contributed by atoms with Crippen LogP contribution in [0, 0.1) is 0 Å². The number of carbonyl (C=O) groups is 1. The summed E-state index contributed by atoms with van der Waals surface area (Å²) >= 11 is 0. The van der Waals surface area contributed by atoms with Crippen molar-refractivity contribution in [1.82, 2.24) is 15.3 Å². The monoisotopic (exact) mass is 450 g/mol. The SMILES string of the molecule is COc1cccc(Nc2nc(-c3ccccc3)ncc2C(=O)NC2CCCc3ccccc32)c1. The Balaban J connectivity index is 1.48. The Kier molecular flexibility index (Phi) is 6.21. The van der Waals surface area contributed by atoms with Crippen molar-refractivity contribution < 1.29 is 9.53 Å². The standard InChI is InChI=1S/C28H26N4O2/c1-34-22-14-8-13-21(17-22)30-27-24(18-29-26(32-27)20-10-3-2-4-11-20)28(33)31-25-16-7-12-19-9-5-6-15-23(19)25/h2-6,8-11,13-15,17-18,25H,7,12,16H2,1H3,(H,31,33)(H,29,30,32). The normalized spacial score (nSPS) is 14.7. The zero-order valence-corrected chi connectivity index (χ0v) is 19.0. The molecule has 0 aliphatic heterocycles. The second-order valence-corrected chi connectivity index (χ2v) is 8.30. The first-order chi connectivity index (χ1) is 16.7. The Morgan fingerprint density at radius 3 is 2.68 bits per heavy atom. The van der Waals surface area contributed by atoms with Gasteiger partial charge in [0.25, 0.3) is 5.91 Å². The number of rotatable bonds is 6. The molecular weight excluding hydrogens is 424 g/mol. The van der Waals surface area contributed by atoms with Gasteiger partial charge < -0.3 is 15.4 Å². The molecule has 1 aromatic heterocycles. The van der Waals surface area contributed by atoms with E-state index in [1.165, 1.54) is 11.1 Å². The third-order valence-corrected chi connectivity index (χ3v) is 6.07. The molecule has 0 saturated carbocycles. The lowest BCUT2D eigenvalue weighted by atomic mass is 9.87. The van der Waals surface area contributed by atoms with Crippen LogP contribution in [-0.4, -0.2) is 23.0 Å². The summed E-state index contributed by atoms with van der Waals surface area (Å²) < 4.78 is 5.35. The molecule has 1 heterocycles. The lowest BCUT2D eigenvalue weighted by Gasteiger charge is -2.26. The van der Waals surface area contributed by atoms with E-state index in [-0.39, 0.29) is 11.9 Å². The van der Waals surface area contributed by atoms with Crippen LogP contribution in [0.4, 0.5) is 11.5 Å². The molecule has 0 saturated heterocycles. The highest BCUT2D eigenvalue weighted by molar-refractivity contribution is 5.99. The molecule has 1 aliphatic carbocycles. The molecule has 170 valence electrons. The van der Waals surface area contributed by atoms with Crippen LogP contribution < -0.4 is 15.4 Å². The number of hydrogen-bond donors (Lipinski definition) is 2. The highest BCUT2D eigenvalue weighted by Gasteiger charge is 2.24. The van der Waals surface area contributed by atoms with Gasteiger partial charge in [0.15, 0.2) is 5.82 Å². The second-order valence-electron chi connectivity index (χ2n) is 8.30. The van der Waals surface area contributed by atoms with E-state index >= 15 is 0 Å². The fourth-order valence-corrected chi connectivity index (χ4v) is 4.35. The average Bonchev–Trinajstić information content (AvgIpc) is 2.89. The number of hydrogen-bond acceptors (Lipinski definition) is 5. The number of amides is 1. The summed E-state index contributed by atoms with van der Waals surface area (Å²) in [6.07, 6.45) is 4.59. The molecule has 1 unspecified atom stereocenters. The summed E-state index contributed by atoms with van der Waals surface area (Å²) in [5.41, 5.74) is 4.53. The summed E-state index contributed by atoms with van der Waals surface area (Å²) in [5, 5.41) is 6.52. The number of methoxy groups -OCH3 is 1. The molecular formula is C28H26N4O2. The molecule has 2 N–H and O–H groups in total. The van der Waals surface area contributed by atoms with E-state index in [9.17, 15) is 4.79 Å². The first-order valence-electron chi connectivity index (χ1n) is 11.4. The molecule has 6 nitrogen and oxygen atoms in total. The zero-order valence-electron chi connectivity index (χ0n) is 19.0. The molecule has 1 amide bonds. The maximum Gasteiger partial charge on any atom is 0.257 e. The van der Waals surface area contributed by atoms with E-state index in [0.29, 0.717) is 23.0 Å². The van der Waals surface area contributed by atoms with Crippen molar-refractivity contribution in [3.8, 4) is 17.1 Å². The van der Waals surface area contributed by atoms with Crippen LogP contribution >= 0.6 is 0 Å². The molecule has 6 heteroatoms. The van der Waals surface area contributed by atoms with Crippen LogP contribution in [0.25, 0.3) is 11.4 Å². The van der Waals surface area contributed by atoms with Gasteiger partial charge in [0, 0.05) is 23.5 Å². The topological polar surface area (TPSA) is 76.1 Å². The van der Waals surface area contributed by atoms with Crippen molar-refractivity contribution in [3.63, 3.8) is 0 Å². The van der Waals surface area contributed by atoms with E-state index < -0.39 is 0 Å². The molecule has 0 radical (unpaired) electrons. The van der Waals surface area contributed by atoms with Crippen molar-refractivity contribution >= 4 is 17.4 Å². The number of ether oxygens (including phenoxy) is 1. The third-order valence-electron chi connectivity index (χ3n) is 6.07. The van der Waals surface area contributed by atoms with Gasteiger partial charge in [0.2, 0.25) is 0 Å². The number of benzene rings is 3. The summed E-state index contributed by atoms with van der Waals surface area (Å²) in [4.78, 5) is 22.7. The molecule has 1 aliphatic rings. The van der Waals surface area contributed by atoms with Gasteiger partial charge in [-0.2, -0.15) is 0 Å². The van der Waals surface area contributed by atoms with Gasteiger partial charge in [-0.3, -0.25) is 4.79 Å². The summed E-state index contributed by atoms with van der Waals surface area (Å²) in [6.45, 7) is 0. The summed E-state index contributed by atoms with van der Waals surface area (Å²) in [6, 6.07) is 25.5. The smallest absolute Gasteiger partial charge is 0.257 e. The van der Waals surface area contributed by atoms with Crippen molar-refractivity contribution in [3.05, 3.63) is 102 Å². The summed E-state index contributed by atoms with van der Waals surface area (Å²) in [7, 11) is 1.62. The molecule has 4 aromatic rings. The van der Waals surface area contributed by atoms with Crippen LogP contribution in [0.15, 0.2) is 85.1 Å². The predicted octanol–water partition coefficient (Wildman–Crippen LogP) is 5.70. The van der Waals surface area contributed by atoms with Crippen LogP contribution in [-0.2, 0) is 6.42 Å². The van der Waals surface area contributed by atoms with Crippen molar-refractivity contribution in [1.29, 1.82) is 0 Å². The van der Waals surface area contributed by atoms with Crippen molar-refractivity contribution in [2.75, 3.05) is 12.4 Å². The van der Waals surface area contributed by atoms with E-state index in [2.05, 4.69) is 33.8 Å². The van der Waals surface area contributed by atoms with Crippen LogP contribution in [0.2, 0.25) is 0 Å². The van der Waals surface area contributed by atoms with Gasteiger partial charge in [-0.25, -0.2) is 9.97 Å². The van der Waals surface area contributed by atoms with Gasteiger partial charge in [-0.05, 0) is 42.5 Å². The second kappa shape index (κ2) is 9.75. The molecule has 34 heavy (non-hydrogen) atoms. The predicted molar refractivity (Wildman–Crippen MR) is 133 cm³/mol. The van der Waals surface area contributed by atoms with E-state index in [4.69, 9.17) is 9.72 Å². The minimum absolute atomic E-state index is 0.0316. The summed E-state index contributed by atoms with van der Waals surface area (Å²) in [5.74, 6) is 1.51. The maximum atomic E-state index is 13.4. The Bertz CT molecular complexity index is 1310. The van der Waals surface area contributed by atoms with Crippen LogP contribution in [0.3, 0.4) is 0 Å². The molecule has 0 fully saturated rings. The van der Waals surface area contributed by atoms with Gasteiger partial charge in [-0.15, -0.1) is 0 Å². The molecule has 5 rings (SSSR count). The van der Waals surface area contributed by atoms with Gasteiger partial charge in [-0.1, -0.05) is 60.7 Å². The Labute approximate surface area is 199 Å². The van der Waals surface area contributed by atoms with Crippen molar-refractivity contribution in [2.24, 2.45) is 0 Å². The highest BCUT2D eigenvalue weighted by atomic mass is 16.5. The first kappa shape index (κ1) is 21.6. The molecule has 1 atom stereocenters. The van der Waals surface area contributed by atoms with Gasteiger partial charge >= 0.3 is 0 Å². The fraction of sp³-hybridized carbons (Fsp3) is 0.179. The van der Waals surface area contributed by atoms with Crippen molar-refractivity contribution in [2.45, 2.75) is 25.3 Å².